The first-order valence-electron chi connectivity index (χ1n) is 45.8. The molecule has 0 bridgehead atoms. The molecule has 0 aromatic heterocycles. The number of carbonyl (C=O) groups is 4. The van der Waals surface area contributed by atoms with Crippen LogP contribution in [0.25, 0.3) is 0 Å². The Labute approximate surface area is 810 Å². The van der Waals surface area contributed by atoms with Gasteiger partial charge in [-0.2, -0.15) is 0 Å². The number of nitrogens with one attached hydrogen (secondary N) is 4. The fourth-order valence-electron chi connectivity index (χ4n) is 18.3. The summed E-state index contributed by atoms with van der Waals surface area (Å²) in [6.45, 7) is -7.07. The predicted octanol–water partition coefficient (Wildman–Crippen LogP) is -24.9. The Morgan fingerprint density at radius 1 is 0.259 bits per heavy atom. The van der Waals surface area contributed by atoms with Crippen molar-refractivity contribution in [3.05, 3.63) is 0 Å². The molecule has 830 valence electrons. The van der Waals surface area contributed by atoms with Gasteiger partial charge in [-0.25, -0.2) is 0 Å². The molecule has 4 amide bonds. The van der Waals surface area contributed by atoms with E-state index in [0.29, 0.717) is 0 Å². The van der Waals surface area contributed by atoms with E-state index in [1.54, 1.807) is 0 Å². The second kappa shape index (κ2) is 52.3. The van der Waals surface area contributed by atoms with Crippen LogP contribution in [0.4, 0.5) is 0 Å². The summed E-state index contributed by atoms with van der Waals surface area (Å²) in [6.07, 6.45) is -119. The van der Waals surface area contributed by atoms with Gasteiger partial charge in [0.25, 0.3) is 0 Å². The van der Waals surface area contributed by atoms with Gasteiger partial charge in [-0.3, -0.25) is 19.2 Å². The molecular formula is C80H136N4O59. The average molecular weight is 2100 g/mol. The largest absolute Gasteiger partial charge is 0.394 e. The molecule has 11 rings (SSSR count). The van der Waals surface area contributed by atoms with Crippen LogP contribution >= 0.6 is 0 Å². The van der Waals surface area contributed by atoms with Crippen LogP contribution in [0.3, 0.4) is 0 Å². The third-order valence-corrected chi connectivity index (χ3v) is 26.3. The molecule has 11 heterocycles. The molecule has 0 saturated carbocycles. The van der Waals surface area contributed by atoms with Gasteiger partial charge in [-0.15, -0.1) is 0 Å². The van der Waals surface area contributed by atoms with E-state index >= 15 is 0 Å². The van der Waals surface area contributed by atoms with E-state index in [4.69, 9.17) is 104 Å². The molecule has 0 spiro atoms. The monoisotopic (exact) mass is 2100 g/mol. The number of aliphatic hydroxyl groups is 33. The molecule has 11 aliphatic rings. The van der Waals surface area contributed by atoms with Crippen molar-refractivity contribution in [2.75, 3.05) is 72.7 Å². The molecular weight excluding hydrogens is 1960 g/mol. The van der Waals surface area contributed by atoms with Gasteiger partial charge in [-0.1, -0.05) is 0 Å². The van der Waals surface area contributed by atoms with Gasteiger partial charge in [0.2, 0.25) is 23.6 Å². The predicted molar refractivity (Wildman–Crippen MR) is 441 cm³/mol. The van der Waals surface area contributed by atoms with Gasteiger partial charge in [0.1, 0.15) is 274 Å². The second-order valence-electron chi connectivity index (χ2n) is 36.4. The smallest absolute Gasteiger partial charge is 0.217 e. The van der Waals surface area contributed by atoms with Crippen LogP contribution in [0, 0.1) is 0 Å². The molecule has 0 aromatic rings. The lowest BCUT2D eigenvalue weighted by atomic mass is 9.94. The van der Waals surface area contributed by atoms with Crippen LogP contribution in [-0.2, 0) is 123 Å². The fourth-order valence-corrected chi connectivity index (χ4v) is 18.3. The summed E-state index contributed by atoms with van der Waals surface area (Å²) in [7, 11) is 0. The lowest BCUT2D eigenvalue weighted by molar-refractivity contribution is -0.408. The number of hydrogen-bond acceptors (Lipinski definition) is 59. The first-order chi connectivity index (χ1) is 67.6. The van der Waals surface area contributed by atoms with Crippen molar-refractivity contribution in [2.24, 2.45) is 0 Å². The van der Waals surface area contributed by atoms with Crippen LogP contribution < -0.4 is 21.3 Å². The van der Waals surface area contributed by atoms with Crippen LogP contribution in [-0.4, -0.2) is 627 Å². The number of aliphatic hydroxyl groups excluding tert-OH is 33. The van der Waals surface area contributed by atoms with Gasteiger partial charge < -0.3 is 294 Å². The minimum Gasteiger partial charge on any atom is -0.394 e. The van der Waals surface area contributed by atoms with Gasteiger partial charge >= 0.3 is 0 Å². The van der Waals surface area contributed by atoms with Crippen molar-refractivity contribution in [3.8, 4) is 0 Å². The first kappa shape index (κ1) is 119. The molecule has 63 heteroatoms. The molecule has 143 heavy (non-hydrogen) atoms. The van der Waals surface area contributed by atoms with Crippen molar-refractivity contribution in [3.63, 3.8) is 0 Å². The zero-order valence-electron chi connectivity index (χ0n) is 77.2. The summed E-state index contributed by atoms with van der Waals surface area (Å²) in [6, 6.07) is -8.11. The van der Waals surface area contributed by atoms with Crippen molar-refractivity contribution in [1.29, 1.82) is 0 Å². The molecule has 0 aliphatic carbocycles. The Morgan fingerprint density at radius 3 is 0.965 bits per heavy atom. The summed E-state index contributed by atoms with van der Waals surface area (Å²) in [5.74, 6) is -4.04. The Hall–Kier alpha value is -4.32. The molecule has 11 aliphatic heterocycles. The minimum absolute atomic E-state index is 0.853. The molecule has 0 radical (unpaired) electrons. The molecule has 11 saturated heterocycles. The molecule has 37 N–H and O–H groups in total. The normalized spacial score (nSPS) is 48.3. The van der Waals surface area contributed by atoms with E-state index in [1.807, 2.05) is 0 Å². The SMILES string of the molecule is CC(=O)N[C@H]1[C@H](O[C@@H]([C@H](O)[C@H](CO)NC(C)=O)[C@H](O)CO[C@@H]2O[C@@H](C)[C@@H](O)[C@@H](O)[C@@H]2O)O[C@H](CO)[C@@H](O[C@@H]2O[C@H](CO[C@H]3O[C@H](CO)[C@@H](O)[C@H](O)[C@@H]3O[C@@H]3O[C@H](CO)[C@@H](O[C@@H]4O[C@H](CO)[C@H](O)[C@H](O)[C@H]4O)[C@H](O)[C@H]3NC(C)=O)[C@@H](O)[C@H](O[C@H]3O[C@H](CO)[C@@H](O)[C@H](O)[C@@H]3O[C@@H]3O[C@H](CO)[C@@H](O[C@@H]4O[C@H](CO)[C@H](O)[C@H](O[C@H]5O[C@H](CO)[C@H](O)[C@H](O)[C@H]5O)[C@H]4O[C@@H]4O[C@@H](C)[C@@H](O)[C@@H](O)[C@@H]4O)[C@H](O)[C@H]3NC(C)=O)[C@@H]2O)[C@@H]1O. The highest BCUT2D eigenvalue weighted by molar-refractivity contribution is 5.74. The Kier molecular flexibility index (Phi) is 43.5. The fraction of sp³-hybridized carbons (Fsp3) is 0.950. The molecule has 63 nitrogen and oxygen atoms in total. The number of hydrogen-bond donors (Lipinski definition) is 37. The van der Waals surface area contributed by atoms with Crippen LogP contribution in [0.1, 0.15) is 41.5 Å². The molecule has 11 fully saturated rings. The third-order valence-electron chi connectivity index (χ3n) is 26.3. The van der Waals surface area contributed by atoms with E-state index in [2.05, 4.69) is 21.3 Å². The van der Waals surface area contributed by atoms with Gasteiger partial charge in [0.15, 0.2) is 69.2 Å². The number of carbonyl (C=O) groups excluding carboxylic acids is 4. The summed E-state index contributed by atoms with van der Waals surface area (Å²) in [4.78, 5) is 52.4. The highest BCUT2D eigenvalue weighted by Crippen LogP contribution is 2.43. The second-order valence-corrected chi connectivity index (χ2v) is 36.4. The van der Waals surface area contributed by atoms with Crippen LogP contribution in [0.5, 0.6) is 0 Å². The minimum atomic E-state index is -2.74. The zero-order valence-corrected chi connectivity index (χ0v) is 77.2. The maximum atomic E-state index is 13.5. The maximum Gasteiger partial charge on any atom is 0.217 e. The molecule has 0 unspecified atom stereocenters. The maximum absolute atomic E-state index is 13.5. The van der Waals surface area contributed by atoms with E-state index < -0.39 is 458 Å². The Bertz CT molecular complexity index is 3900. The first-order valence-corrected chi connectivity index (χ1v) is 45.8. The lowest BCUT2D eigenvalue weighted by Crippen LogP contribution is -2.71. The van der Waals surface area contributed by atoms with Gasteiger partial charge in [0, 0.05) is 27.7 Å². The highest BCUT2D eigenvalue weighted by Gasteiger charge is 2.63. The highest BCUT2D eigenvalue weighted by atomic mass is 16.8. The summed E-state index contributed by atoms with van der Waals surface area (Å²) < 4.78 is 132. The van der Waals surface area contributed by atoms with E-state index in [1.165, 1.54) is 13.8 Å². The topological polar surface area (TPSA) is 987 Å². The number of amides is 4. The van der Waals surface area contributed by atoms with Crippen molar-refractivity contribution < 1.29 is 292 Å². The lowest BCUT2D eigenvalue weighted by Gasteiger charge is -2.52. The Balaban J connectivity index is 0.939. The number of rotatable bonds is 40. The molecule has 59 atom stereocenters. The quantitative estimate of drug-likeness (QED) is 0.0271. The summed E-state index contributed by atoms with van der Waals surface area (Å²) in [5, 5.41) is 381. The van der Waals surface area contributed by atoms with Crippen molar-refractivity contribution in [1.82, 2.24) is 21.3 Å². The van der Waals surface area contributed by atoms with Crippen molar-refractivity contribution >= 4 is 23.6 Å². The standard InChI is InChI=1S/C80H136N4O59/c1-18-38(99)50(111)56(117)73(124-18)122-16-25(98)61(40(101)24(7-85)81-20(3)94)135-70-35(82-21(4)95)47(108)63(32(14-92)131-70)137-77-60(121)65(46(107)34(134-77)17-123-78-67(54(115)43(104)28(10-88)128-78)141-71-36(83-22(5)96)48(109)62(31(13-91)132-71)136-75-58(119)52(113)41(102)26(8-86)126-75)139-79-68(55(116)44(105)29(11-89)129-79)142-72-37(84-23(6)97)49(110)64(33(15-93)133-72)138-80-69(143-74-57(118)51(112)39(100)19(2)125-74)66(45(106)30(12-90)130-80)140-76-59(120)53(114)42(103)27(9-87)127-76/h18-19,24-80,85-93,98-121H,7-17H2,1-6H3,(H,81,94)(H,82,95)(H,83,96)(H,84,97)/t18-,19-,24-,25+,26+,27+,28+,29+,30+,31+,32+,33+,34+,35+,36+,37+,38+,39+,40+,41-,42-,43+,44+,45-,46+,47+,48+,49+,50+,51+,52-,53-,54-,55-,56-,57-,58+,59+,60-,61+,62+,63+,64+,65-,66-,67-,68-,69+,70-,71-,72-,73+,74-,75-,76+,77-,78-,79+,80-/m0/s1. The summed E-state index contributed by atoms with van der Waals surface area (Å²) >= 11 is 0. The van der Waals surface area contributed by atoms with Crippen LogP contribution in [0.2, 0.25) is 0 Å². The van der Waals surface area contributed by atoms with Crippen LogP contribution in [0.15, 0.2) is 0 Å². The van der Waals surface area contributed by atoms with Gasteiger partial charge in [-0.05, 0) is 13.8 Å². The zero-order chi connectivity index (χ0) is 106. The Morgan fingerprint density at radius 2 is 0.552 bits per heavy atom. The van der Waals surface area contributed by atoms with E-state index in [-0.39, 0.29) is 0 Å². The summed E-state index contributed by atoms with van der Waals surface area (Å²) in [5.41, 5.74) is 0. The van der Waals surface area contributed by atoms with E-state index in [0.717, 1.165) is 27.7 Å². The van der Waals surface area contributed by atoms with Gasteiger partial charge in [0.05, 0.1) is 90.9 Å². The van der Waals surface area contributed by atoms with Crippen molar-refractivity contribution in [2.45, 2.75) is 403 Å². The third kappa shape index (κ3) is 26.8. The molecule has 0 aromatic carbocycles. The number of ether oxygens (including phenoxy) is 22. The van der Waals surface area contributed by atoms with E-state index in [9.17, 15) is 188 Å². The average Bonchev–Trinajstić information content (AvgIpc) is 0.768.